The molecule has 0 amide bonds. The maximum atomic E-state index is 12.6. The first-order valence-corrected chi connectivity index (χ1v) is 8.99. The standard InChI is InChI=1S/C16H18N4O3S/c1-4-14-18-19-16(23-14)13-8-12(9-17-13)24(21,22)20-15-10(2)6-5-7-11(15)3/h5-9,17,20H,4H2,1-3H3. The molecular weight excluding hydrogens is 328 g/mol. The van der Waals surface area contributed by atoms with Gasteiger partial charge in [0.1, 0.15) is 10.6 Å². The topological polar surface area (TPSA) is 101 Å². The summed E-state index contributed by atoms with van der Waals surface area (Å²) >= 11 is 0. The zero-order chi connectivity index (χ0) is 17.3. The second-order valence-electron chi connectivity index (χ2n) is 5.48. The zero-order valence-electron chi connectivity index (χ0n) is 13.6. The van der Waals surface area contributed by atoms with E-state index in [4.69, 9.17) is 4.42 Å². The quantitative estimate of drug-likeness (QED) is 0.739. The van der Waals surface area contributed by atoms with Gasteiger partial charge in [-0.3, -0.25) is 4.72 Å². The van der Waals surface area contributed by atoms with E-state index in [0.717, 1.165) is 11.1 Å². The number of anilines is 1. The molecule has 0 unspecified atom stereocenters. The average Bonchev–Trinajstić information content (AvgIpc) is 3.19. The lowest BCUT2D eigenvalue weighted by molar-refractivity contribution is 0.511. The predicted octanol–water partition coefficient (Wildman–Crippen LogP) is 3.04. The van der Waals surface area contributed by atoms with Crippen molar-refractivity contribution in [3.8, 4) is 11.6 Å². The summed E-state index contributed by atoms with van der Waals surface area (Å²) in [6, 6.07) is 7.08. The molecule has 1 aromatic carbocycles. The summed E-state index contributed by atoms with van der Waals surface area (Å²) in [6.07, 6.45) is 2.02. The van der Waals surface area contributed by atoms with Gasteiger partial charge in [-0.2, -0.15) is 0 Å². The minimum atomic E-state index is -3.72. The van der Waals surface area contributed by atoms with E-state index >= 15 is 0 Å². The fraction of sp³-hybridized carbons (Fsp3) is 0.250. The predicted molar refractivity (Wildman–Crippen MR) is 90.2 cm³/mol. The van der Waals surface area contributed by atoms with Gasteiger partial charge in [0.25, 0.3) is 15.9 Å². The second kappa shape index (κ2) is 6.12. The first kappa shape index (κ1) is 16.3. The number of hydrogen-bond acceptors (Lipinski definition) is 5. The summed E-state index contributed by atoms with van der Waals surface area (Å²) < 4.78 is 33.3. The van der Waals surface area contributed by atoms with E-state index in [0.29, 0.717) is 23.7 Å². The van der Waals surface area contributed by atoms with Crippen molar-refractivity contribution in [1.29, 1.82) is 0 Å². The Balaban J connectivity index is 1.91. The van der Waals surface area contributed by atoms with Crippen molar-refractivity contribution in [2.75, 3.05) is 4.72 Å². The van der Waals surface area contributed by atoms with Gasteiger partial charge in [0.05, 0.1) is 5.69 Å². The van der Waals surface area contributed by atoms with Crippen molar-refractivity contribution >= 4 is 15.7 Å². The molecular formula is C16H18N4O3S. The molecule has 0 radical (unpaired) electrons. The van der Waals surface area contributed by atoms with Gasteiger partial charge >= 0.3 is 0 Å². The van der Waals surface area contributed by atoms with Crippen molar-refractivity contribution in [3.63, 3.8) is 0 Å². The molecule has 2 heterocycles. The Bertz CT molecular complexity index is 953. The molecule has 0 atom stereocenters. The van der Waals surface area contributed by atoms with Crippen LogP contribution >= 0.6 is 0 Å². The van der Waals surface area contributed by atoms with Crippen LogP contribution in [-0.2, 0) is 16.4 Å². The van der Waals surface area contributed by atoms with Crippen LogP contribution in [0.15, 0.2) is 39.8 Å². The van der Waals surface area contributed by atoms with Crippen LogP contribution in [-0.4, -0.2) is 23.6 Å². The SMILES string of the molecule is CCc1nnc(-c2cc(S(=O)(=O)Nc3c(C)cccc3C)c[nH]2)o1. The van der Waals surface area contributed by atoms with Crippen LogP contribution in [0.4, 0.5) is 5.69 Å². The zero-order valence-corrected chi connectivity index (χ0v) is 14.4. The number of hydrogen-bond donors (Lipinski definition) is 2. The number of H-pyrrole nitrogens is 1. The minimum absolute atomic E-state index is 0.108. The lowest BCUT2D eigenvalue weighted by Crippen LogP contribution is -2.14. The van der Waals surface area contributed by atoms with Crippen molar-refractivity contribution < 1.29 is 12.8 Å². The third-order valence-corrected chi connectivity index (χ3v) is 5.01. The molecule has 0 aliphatic heterocycles. The first-order chi connectivity index (χ1) is 11.4. The molecule has 0 fully saturated rings. The van der Waals surface area contributed by atoms with E-state index in [2.05, 4.69) is 19.9 Å². The highest BCUT2D eigenvalue weighted by Crippen LogP contribution is 2.25. The van der Waals surface area contributed by atoms with Crippen molar-refractivity contribution in [2.45, 2.75) is 32.1 Å². The Morgan fingerprint density at radius 3 is 2.54 bits per heavy atom. The number of sulfonamides is 1. The summed E-state index contributed by atoms with van der Waals surface area (Å²) in [7, 11) is -3.72. The highest BCUT2D eigenvalue weighted by molar-refractivity contribution is 7.92. The fourth-order valence-electron chi connectivity index (χ4n) is 2.33. The van der Waals surface area contributed by atoms with Gasteiger partial charge in [-0.05, 0) is 31.0 Å². The molecule has 2 N–H and O–H groups in total. The maximum absolute atomic E-state index is 12.6. The Labute approximate surface area is 140 Å². The molecule has 24 heavy (non-hydrogen) atoms. The van der Waals surface area contributed by atoms with Crippen molar-refractivity contribution in [1.82, 2.24) is 15.2 Å². The van der Waals surface area contributed by atoms with E-state index in [1.54, 1.807) is 0 Å². The van der Waals surface area contributed by atoms with Gasteiger partial charge in [0, 0.05) is 12.6 Å². The van der Waals surface area contributed by atoms with Crippen molar-refractivity contribution in [2.24, 2.45) is 0 Å². The van der Waals surface area contributed by atoms with Gasteiger partial charge < -0.3 is 9.40 Å². The lowest BCUT2D eigenvalue weighted by atomic mass is 10.1. The monoisotopic (exact) mass is 346 g/mol. The minimum Gasteiger partial charge on any atom is -0.419 e. The van der Waals surface area contributed by atoms with E-state index < -0.39 is 10.0 Å². The van der Waals surface area contributed by atoms with Gasteiger partial charge in [-0.1, -0.05) is 25.1 Å². The third kappa shape index (κ3) is 3.05. The van der Waals surface area contributed by atoms with Crippen LogP contribution in [0.3, 0.4) is 0 Å². The lowest BCUT2D eigenvalue weighted by Gasteiger charge is -2.12. The highest BCUT2D eigenvalue weighted by atomic mass is 32.2. The summed E-state index contributed by atoms with van der Waals surface area (Å²) in [5.74, 6) is 0.762. The number of aryl methyl sites for hydroxylation is 3. The summed E-state index contributed by atoms with van der Waals surface area (Å²) in [4.78, 5) is 2.97. The number of nitrogens with one attached hydrogen (secondary N) is 2. The number of para-hydroxylation sites is 1. The molecule has 0 aliphatic rings. The Hall–Kier alpha value is -2.61. The van der Waals surface area contributed by atoms with Crippen LogP contribution in [0.5, 0.6) is 0 Å². The normalized spacial score (nSPS) is 11.6. The van der Waals surface area contributed by atoms with Crippen molar-refractivity contribution in [3.05, 3.63) is 47.5 Å². The number of aromatic nitrogens is 3. The van der Waals surface area contributed by atoms with E-state index in [-0.39, 0.29) is 10.8 Å². The molecule has 3 rings (SSSR count). The third-order valence-electron chi connectivity index (χ3n) is 3.68. The van der Waals surface area contributed by atoms with Crippen LogP contribution in [0.1, 0.15) is 23.9 Å². The molecule has 0 aliphatic carbocycles. The number of rotatable bonds is 5. The summed E-state index contributed by atoms with van der Waals surface area (Å²) in [6.45, 7) is 5.62. The van der Waals surface area contributed by atoms with E-state index in [1.807, 2.05) is 39.0 Å². The average molecular weight is 346 g/mol. The van der Waals surface area contributed by atoms with E-state index in [1.165, 1.54) is 12.3 Å². The molecule has 3 aromatic rings. The van der Waals surface area contributed by atoms with Gasteiger partial charge in [-0.25, -0.2) is 8.42 Å². The van der Waals surface area contributed by atoms with E-state index in [9.17, 15) is 8.42 Å². The highest BCUT2D eigenvalue weighted by Gasteiger charge is 2.20. The van der Waals surface area contributed by atoms with Gasteiger partial charge in [-0.15, -0.1) is 10.2 Å². The molecule has 0 bridgehead atoms. The number of aromatic amines is 1. The Kier molecular flexibility index (Phi) is 4.15. The van der Waals surface area contributed by atoms with Gasteiger partial charge in [0.15, 0.2) is 0 Å². The summed E-state index contributed by atoms with van der Waals surface area (Å²) in [5.41, 5.74) is 2.77. The Morgan fingerprint density at radius 2 is 1.92 bits per heavy atom. The first-order valence-electron chi connectivity index (χ1n) is 7.51. The summed E-state index contributed by atoms with van der Waals surface area (Å²) in [5, 5.41) is 7.77. The molecule has 126 valence electrons. The molecule has 2 aromatic heterocycles. The second-order valence-corrected chi connectivity index (χ2v) is 7.16. The van der Waals surface area contributed by atoms with Crippen LogP contribution in [0.2, 0.25) is 0 Å². The van der Waals surface area contributed by atoms with Crippen LogP contribution in [0.25, 0.3) is 11.6 Å². The molecule has 0 saturated heterocycles. The maximum Gasteiger partial charge on any atom is 0.264 e. The molecule has 0 saturated carbocycles. The van der Waals surface area contributed by atoms with Gasteiger partial charge in [0.2, 0.25) is 5.89 Å². The molecule has 7 nitrogen and oxygen atoms in total. The van der Waals surface area contributed by atoms with Crippen LogP contribution < -0.4 is 4.72 Å². The molecule has 0 spiro atoms. The number of benzene rings is 1. The number of nitrogens with zero attached hydrogens (tertiary/aromatic N) is 2. The largest absolute Gasteiger partial charge is 0.419 e. The Morgan fingerprint density at radius 1 is 1.21 bits per heavy atom. The van der Waals surface area contributed by atoms with Crippen LogP contribution in [0, 0.1) is 13.8 Å². The molecule has 8 heteroatoms. The fourth-order valence-corrected chi connectivity index (χ4v) is 3.52. The smallest absolute Gasteiger partial charge is 0.264 e.